The summed E-state index contributed by atoms with van der Waals surface area (Å²) in [5.41, 5.74) is 4.40. The van der Waals surface area contributed by atoms with Crippen molar-refractivity contribution in [1.29, 1.82) is 0 Å². The molecule has 0 saturated carbocycles. The molecule has 0 spiro atoms. The minimum Gasteiger partial charge on any atom is -0.377 e. The van der Waals surface area contributed by atoms with E-state index < -0.39 is 0 Å². The minimum atomic E-state index is 0.365. The second kappa shape index (κ2) is 5.68. The van der Waals surface area contributed by atoms with Crippen molar-refractivity contribution in [3.8, 4) is 0 Å². The van der Waals surface area contributed by atoms with Crippen LogP contribution in [0.1, 0.15) is 41.8 Å². The van der Waals surface area contributed by atoms with E-state index in [1.54, 1.807) is 11.3 Å². The molecule has 3 rings (SSSR count). The number of thiophene rings is 1. The Morgan fingerprint density at radius 1 is 1.26 bits per heavy atom. The van der Waals surface area contributed by atoms with Gasteiger partial charge in [0, 0.05) is 20.4 Å². The Kier molecular flexibility index (Phi) is 3.94. The highest BCUT2D eigenvalue weighted by molar-refractivity contribution is 9.10. The molecule has 19 heavy (non-hydrogen) atoms. The highest BCUT2D eigenvalue weighted by atomic mass is 79.9. The fraction of sp³-hybridized carbons (Fsp3) is 0.375. The average molecular weight is 336 g/mol. The standard InChI is InChI=1S/C16H18BrNS/c1-11(16-9-13(17)10-19-16)18-15-8-4-6-12-5-2-3-7-14(12)15/h4,6,8-11,18H,2-3,5,7H2,1H3. The van der Waals surface area contributed by atoms with Crippen molar-refractivity contribution < 1.29 is 0 Å². The molecule has 1 nitrogen and oxygen atoms in total. The van der Waals surface area contributed by atoms with Crippen molar-refractivity contribution in [2.24, 2.45) is 0 Å². The van der Waals surface area contributed by atoms with Crippen LogP contribution < -0.4 is 5.32 Å². The minimum absolute atomic E-state index is 0.365. The summed E-state index contributed by atoms with van der Waals surface area (Å²) in [6, 6.07) is 9.26. The molecule has 1 aromatic heterocycles. The number of hydrogen-bond donors (Lipinski definition) is 1. The molecule has 1 aliphatic rings. The molecule has 0 saturated heterocycles. The zero-order chi connectivity index (χ0) is 13.2. The van der Waals surface area contributed by atoms with Gasteiger partial charge in [0.1, 0.15) is 0 Å². The smallest absolute Gasteiger partial charge is 0.0578 e. The lowest BCUT2D eigenvalue weighted by Gasteiger charge is -2.22. The Hall–Kier alpha value is -0.800. The van der Waals surface area contributed by atoms with Gasteiger partial charge in [-0.2, -0.15) is 0 Å². The van der Waals surface area contributed by atoms with Crippen molar-refractivity contribution in [3.05, 3.63) is 50.1 Å². The van der Waals surface area contributed by atoms with E-state index in [0.717, 1.165) is 0 Å². The molecule has 3 heteroatoms. The van der Waals surface area contributed by atoms with Gasteiger partial charge in [-0.15, -0.1) is 11.3 Å². The lowest BCUT2D eigenvalue weighted by molar-refractivity contribution is 0.685. The number of nitrogens with one attached hydrogen (secondary N) is 1. The summed E-state index contributed by atoms with van der Waals surface area (Å²) in [6.45, 7) is 2.24. The average Bonchev–Trinajstić information content (AvgIpc) is 2.86. The number of rotatable bonds is 3. The first-order valence-corrected chi connectivity index (χ1v) is 8.52. The third-order valence-corrected chi connectivity index (χ3v) is 5.66. The summed E-state index contributed by atoms with van der Waals surface area (Å²) in [4.78, 5) is 1.38. The zero-order valence-corrected chi connectivity index (χ0v) is 13.5. The molecule has 0 radical (unpaired) electrons. The molecule has 1 heterocycles. The molecule has 1 N–H and O–H groups in total. The van der Waals surface area contributed by atoms with Crippen LogP contribution in [0.5, 0.6) is 0 Å². The molecule has 1 aromatic carbocycles. The highest BCUT2D eigenvalue weighted by Gasteiger charge is 2.15. The van der Waals surface area contributed by atoms with Crippen LogP contribution in [0, 0.1) is 0 Å². The Bertz CT molecular complexity index is 576. The largest absolute Gasteiger partial charge is 0.377 e. The third-order valence-electron chi connectivity index (χ3n) is 3.78. The van der Waals surface area contributed by atoms with E-state index in [2.05, 4.69) is 57.8 Å². The van der Waals surface area contributed by atoms with Gasteiger partial charge in [-0.25, -0.2) is 0 Å². The summed E-state index contributed by atoms with van der Waals surface area (Å²) in [7, 11) is 0. The highest BCUT2D eigenvalue weighted by Crippen LogP contribution is 2.32. The van der Waals surface area contributed by atoms with Gasteiger partial charge >= 0.3 is 0 Å². The van der Waals surface area contributed by atoms with Gasteiger partial charge in [0.25, 0.3) is 0 Å². The van der Waals surface area contributed by atoms with E-state index in [0.29, 0.717) is 6.04 Å². The van der Waals surface area contributed by atoms with Crippen LogP contribution >= 0.6 is 27.3 Å². The molecule has 0 aliphatic heterocycles. The first-order chi connectivity index (χ1) is 9.24. The van der Waals surface area contributed by atoms with Crippen LogP contribution in [-0.2, 0) is 12.8 Å². The zero-order valence-electron chi connectivity index (χ0n) is 11.1. The first-order valence-electron chi connectivity index (χ1n) is 6.85. The fourth-order valence-electron chi connectivity index (χ4n) is 2.78. The van der Waals surface area contributed by atoms with E-state index in [9.17, 15) is 0 Å². The third kappa shape index (κ3) is 2.87. The lowest BCUT2D eigenvalue weighted by atomic mass is 9.90. The molecule has 100 valence electrons. The number of hydrogen-bond acceptors (Lipinski definition) is 2. The van der Waals surface area contributed by atoms with Crippen LogP contribution in [0.4, 0.5) is 5.69 Å². The predicted octanol–water partition coefficient (Wildman–Crippen LogP) is 5.56. The quantitative estimate of drug-likeness (QED) is 0.773. The molecular formula is C16H18BrNS. The van der Waals surface area contributed by atoms with Crippen molar-refractivity contribution >= 4 is 33.0 Å². The SMILES string of the molecule is CC(Nc1cccc2c1CCCC2)c1cc(Br)cs1. The number of benzene rings is 1. The number of fused-ring (bicyclic) bond motifs is 1. The van der Waals surface area contributed by atoms with Crippen LogP contribution in [0.15, 0.2) is 34.1 Å². The molecule has 2 aromatic rings. The maximum absolute atomic E-state index is 3.69. The molecule has 1 aliphatic carbocycles. The summed E-state index contributed by atoms with van der Waals surface area (Å²) < 4.78 is 1.18. The monoisotopic (exact) mass is 335 g/mol. The topological polar surface area (TPSA) is 12.0 Å². The van der Waals surface area contributed by atoms with Gasteiger partial charge in [0.2, 0.25) is 0 Å². The molecule has 0 amide bonds. The maximum atomic E-state index is 3.69. The second-order valence-corrected chi connectivity index (χ2v) is 7.04. The fourth-order valence-corrected chi connectivity index (χ4v) is 4.23. The Morgan fingerprint density at radius 2 is 2.11 bits per heavy atom. The van der Waals surface area contributed by atoms with E-state index >= 15 is 0 Å². The molecule has 1 atom stereocenters. The van der Waals surface area contributed by atoms with Gasteiger partial charge in [-0.1, -0.05) is 12.1 Å². The van der Waals surface area contributed by atoms with Crippen LogP contribution in [0.3, 0.4) is 0 Å². The van der Waals surface area contributed by atoms with Gasteiger partial charge in [-0.05, 0) is 71.8 Å². The summed E-state index contributed by atoms with van der Waals surface area (Å²) in [5, 5.41) is 5.84. The van der Waals surface area contributed by atoms with E-state index in [-0.39, 0.29) is 0 Å². The number of halogens is 1. The maximum Gasteiger partial charge on any atom is 0.0578 e. The van der Waals surface area contributed by atoms with Crippen LogP contribution in [0.25, 0.3) is 0 Å². The van der Waals surface area contributed by atoms with E-state index in [1.807, 2.05) is 0 Å². The second-order valence-electron chi connectivity index (χ2n) is 5.18. The van der Waals surface area contributed by atoms with Crippen molar-refractivity contribution in [1.82, 2.24) is 0 Å². The van der Waals surface area contributed by atoms with E-state index in [4.69, 9.17) is 0 Å². The Morgan fingerprint density at radius 3 is 2.89 bits per heavy atom. The Labute approximate surface area is 127 Å². The molecule has 1 unspecified atom stereocenters. The summed E-state index contributed by atoms with van der Waals surface area (Å²) in [6.07, 6.45) is 5.12. The Balaban J connectivity index is 1.83. The van der Waals surface area contributed by atoms with Crippen molar-refractivity contribution in [2.45, 2.75) is 38.6 Å². The van der Waals surface area contributed by atoms with Crippen molar-refractivity contribution in [3.63, 3.8) is 0 Å². The predicted molar refractivity (Wildman–Crippen MR) is 87.1 cm³/mol. The molecule has 0 bridgehead atoms. The van der Waals surface area contributed by atoms with Crippen LogP contribution in [0.2, 0.25) is 0 Å². The number of anilines is 1. The summed E-state index contributed by atoms with van der Waals surface area (Å²) in [5.74, 6) is 0. The summed E-state index contributed by atoms with van der Waals surface area (Å²) >= 11 is 5.33. The van der Waals surface area contributed by atoms with Crippen molar-refractivity contribution in [2.75, 3.05) is 5.32 Å². The lowest BCUT2D eigenvalue weighted by Crippen LogP contribution is -2.11. The van der Waals surface area contributed by atoms with Gasteiger partial charge in [0.05, 0.1) is 6.04 Å². The van der Waals surface area contributed by atoms with Gasteiger partial charge < -0.3 is 5.32 Å². The molecule has 0 fully saturated rings. The van der Waals surface area contributed by atoms with Gasteiger partial charge in [0.15, 0.2) is 0 Å². The van der Waals surface area contributed by atoms with Gasteiger partial charge in [-0.3, -0.25) is 0 Å². The normalized spacial score (nSPS) is 15.9. The van der Waals surface area contributed by atoms with Crippen LogP contribution in [-0.4, -0.2) is 0 Å². The van der Waals surface area contributed by atoms with E-state index in [1.165, 1.54) is 51.8 Å². The first kappa shape index (κ1) is 13.2. The number of aryl methyl sites for hydroxylation is 1. The molecular weight excluding hydrogens is 318 g/mol.